The molecule has 0 N–H and O–H groups in total. The molecule has 20 heavy (non-hydrogen) atoms. The monoisotopic (exact) mass is 337 g/mol. The van der Waals surface area contributed by atoms with Crippen LogP contribution in [0.3, 0.4) is 0 Å². The Morgan fingerprint density at radius 2 is 2.20 bits per heavy atom. The first-order chi connectivity index (χ1) is 9.79. The maximum atomic E-state index is 12.8. The molecule has 0 aromatic heterocycles. The van der Waals surface area contributed by atoms with Gasteiger partial charge in [-0.25, -0.2) is 0 Å². The number of hydrogen-bond donors (Lipinski definition) is 0. The molecule has 2 aliphatic heterocycles. The highest BCUT2D eigenvalue weighted by molar-refractivity contribution is 9.09. The van der Waals surface area contributed by atoms with Gasteiger partial charge in [-0.05, 0) is 31.2 Å². The van der Waals surface area contributed by atoms with Gasteiger partial charge in [0.2, 0.25) is 5.91 Å². The Balaban J connectivity index is 1.78. The van der Waals surface area contributed by atoms with Crippen molar-refractivity contribution < 1.29 is 9.53 Å². The molecule has 0 aliphatic carbocycles. The average molecular weight is 338 g/mol. The number of fused-ring (bicyclic) bond motifs is 1. The fraction of sp³-hybridized carbons (Fsp3) is 0.562. The summed E-state index contributed by atoms with van der Waals surface area (Å²) in [4.78, 5) is 14.9. The number of likely N-dealkylation sites (tertiary alicyclic amines) is 1. The van der Waals surface area contributed by atoms with Crippen LogP contribution in [0.1, 0.15) is 30.7 Å². The summed E-state index contributed by atoms with van der Waals surface area (Å²) in [5.41, 5.74) is 1.06. The van der Waals surface area contributed by atoms with E-state index >= 15 is 0 Å². The molecule has 2 heterocycles. The number of amides is 1. The van der Waals surface area contributed by atoms with Crippen molar-refractivity contribution in [2.45, 2.75) is 25.2 Å². The first-order valence-electron chi connectivity index (χ1n) is 7.36. The minimum atomic E-state index is -0.0194. The molecule has 1 saturated heterocycles. The first-order valence-corrected chi connectivity index (χ1v) is 8.48. The summed E-state index contributed by atoms with van der Waals surface area (Å²) in [6.45, 7) is 2.44. The van der Waals surface area contributed by atoms with Crippen molar-refractivity contribution in [2.75, 3.05) is 25.0 Å². The summed E-state index contributed by atoms with van der Waals surface area (Å²) in [5, 5.41) is 0.987. The fourth-order valence-corrected chi connectivity index (χ4v) is 3.74. The molecule has 3 rings (SSSR count). The van der Waals surface area contributed by atoms with Crippen LogP contribution in [0.15, 0.2) is 24.3 Å². The number of carbonyl (C=O) groups is 1. The molecule has 4 heteroatoms. The number of piperidine rings is 1. The number of rotatable bonds is 2. The van der Waals surface area contributed by atoms with E-state index in [1.807, 2.05) is 24.3 Å². The topological polar surface area (TPSA) is 29.5 Å². The van der Waals surface area contributed by atoms with Gasteiger partial charge < -0.3 is 9.64 Å². The zero-order chi connectivity index (χ0) is 13.9. The maximum absolute atomic E-state index is 12.8. The van der Waals surface area contributed by atoms with Gasteiger partial charge in [0.25, 0.3) is 0 Å². The quantitative estimate of drug-likeness (QED) is 0.775. The summed E-state index contributed by atoms with van der Waals surface area (Å²) in [6, 6.07) is 7.95. The van der Waals surface area contributed by atoms with Crippen molar-refractivity contribution in [1.29, 1.82) is 0 Å². The van der Waals surface area contributed by atoms with Gasteiger partial charge in [-0.3, -0.25) is 4.79 Å². The molecular weight excluding hydrogens is 318 g/mol. The predicted octanol–water partition coefficient (Wildman–Crippen LogP) is 3.19. The van der Waals surface area contributed by atoms with E-state index in [2.05, 4.69) is 20.8 Å². The highest BCUT2D eigenvalue weighted by Gasteiger charge is 2.32. The number of hydrogen-bond acceptors (Lipinski definition) is 2. The van der Waals surface area contributed by atoms with Crippen LogP contribution in [0.4, 0.5) is 0 Å². The van der Waals surface area contributed by atoms with Crippen molar-refractivity contribution in [2.24, 2.45) is 5.92 Å². The Morgan fingerprint density at radius 3 is 3.05 bits per heavy atom. The summed E-state index contributed by atoms with van der Waals surface area (Å²) >= 11 is 3.55. The van der Waals surface area contributed by atoms with Gasteiger partial charge in [0, 0.05) is 24.0 Å². The fourth-order valence-electron chi connectivity index (χ4n) is 3.21. The molecule has 2 aliphatic rings. The van der Waals surface area contributed by atoms with E-state index in [1.54, 1.807) is 0 Å². The molecule has 0 radical (unpaired) electrons. The van der Waals surface area contributed by atoms with Gasteiger partial charge in [-0.15, -0.1) is 0 Å². The summed E-state index contributed by atoms with van der Waals surface area (Å²) in [5.74, 6) is 1.74. The predicted molar refractivity (Wildman–Crippen MR) is 82.4 cm³/mol. The number of alkyl halides is 1. The molecule has 2 atom stereocenters. The van der Waals surface area contributed by atoms with E-state index in [1.165, 1.54) is 6.42 Å². The average Bonchev–Trinajstić information content (AvgIpc) is 2.53. The lowest BCUT2D eigenvalue weighted by Crippen LogP contribution is -2.43. The van der Waals surface area contributed by atoms with Crippen molar-refractivity contribution in [1.82, 2.24) is 4.90 Å². The van der Waals surface area contributed by atoms with E-state index in [9.17, 15) is 4.79 Å². The van der Waals surface area contributed by atoms with Gasteiger partial charge in [0.15, 0.2) is 0 Å². The molecule has 3 nitrogen and oxygen atoms in total. The number of para-hydroxylation sites is 1. The van der Waals surface area contributed by atoms with E-state index in [-0.39, 0.29) is 11.8 Å². The highest BCUT2D eigenvalue weighted by atomic mass is 79.9. The molecule has 0 spiro atoms. The molecule has 1 amide bonds. The van der Waals surface area contributed by atoms with Crippen LogP contribution < -0.4 is 4.74 Å². The van der Waals surface area contributed by atoms with Gasteiger partial charge in [0.1, 0.15) is 5.75 Å². The van der Waals surface area contributed by atoms with E-state index in [0.29, 0.717) is 12.5 Å². The van der Waals surface area contributed by atoms with Crippen LogP contribution in [0.5, 0.6) is 5.75 Å². The highest BCUT2D eigenvalue weighted by Crippen LogP contribution is 2.35. The minimum Gasteiger partial charge on any atom is -0.493 e. The van der Waals surface area contributed by atoms with Gasteiger partial charge in [-0.1, -0.05) is 34.1 Å². The van der Waals surface area contributed by atoms with Crippen LogP contribution in [0, 0.1) is 5.92 Å². The Morgan fingerprint density at radius 1 is 1.35 bits per heavy atom. The Bertz CT molecular complexity index is 491. The third-order valence-corrected chi connectivity index (χ3v) is 5.22. The Labute approximate surface area is 128 Å². The summed E-state index contributed by atoms with van der Waals surface area (Å²) in [7, 11) is 0. The molecular formula is C16H20BrNO2. The summed E-state index contributed by atoms with van der Waals surface area (Å²) in [6.07, 6.45) is 3.14. The third kappa shape index (κ3) is 2.71. The number of halogens is 1. The molecule has 0 bridgehead atoms. The molecule has 1 aromatic rings. The number of carbonyl (C=O) groups excluding carboxylic acids is 1. The van der Waals surface area contributed by atoms with Gasteiger partial charge in [-0.2, -0.15) is 0 Å². The second-order valence-electron chi connectivity index (χ2n) is 5.67. The van der Waals surface area contributed by atoms with Crippen LogP contribution in [-0.4, -0.2) is 35.8 Å². The van der Waals surface area contributed by atoms with E-state index in [4.69, 9.17) is 4.74 Å². The Hall–Kier alpha value is -1.03. The zero-order valence-electron chi connectivity index (χ0n) is 11.6. The number of nitrogens with zero attached hydrogens (tertiary/aromatic N) is 1. The number of benzene rings is 1. The summed E-state index contributed by atoms with van der Waals surface area (Å²) < 4.78 is 5.66. The lowest BCUT2D eigenvalue weighted by molar-refractivity contribution is -0.135. The molecule has 2 unspecified atom stereocenters. The molecule has 108 valence electrons. The largest absolute Gasteiger partial charge is 0.493 e. The minimum absolute atomic E-state index is 0.0194. The van der Waals surface area contributed by atoms with Crippen LogP contribution in [0.25, 0.3) is 0 Å². The normalized spacial score (nSPS) is 25.8. The van der Waals surface area contributed by atoms with Gasteiger partial charge in [0.05, 0.1) is 12.5 Å². The van der Waals surface area contributed by atoms with Crippen molar-refractivity contribution in [3.8, 4) is 5.75 Å². The second-order valence-corrected chi connectivity index (χ2v) is 6.32. The van der Waals surface area contributed by atoms with Crippen molar-refractivity contribution in [3.05, 3.63) is 29.8 Å². The van der Waals surface area contributed by atoms with Crippen molar-refractivity contribution >= 4 is 21.8 Å². The standard InChI is InChI=1S/C16H20BrNO2/c17-10-12-4-3-8-18(11-12)16(19)14-7-9-20-15-6-2-1-5-13(14)15/h1-2,5-6,12,14H,3-4,7-11H2. The third-order valence-electron chi connectivity index (χ3n) is 4.31. The lowest BCUT2D eigenvalue weighted by atomic mass is 9.90. The van der Waals surface area contributed by atoms with E-state index < -0.39 is 0 Å². The van der Waals surface area contributed by atoms with Crippen LogP contribution >= 0.6 is 15.9 Å². The van der Waals surface area contributed by atoms with Gasteiger partial charge >= 0.3 is 0 Å². The molecule has 1 fully saturated rings. The van der Waals surface area contributed by atoms with Crippen molar-refractivity contribution in [3.63, 3.8) is 0 Å². The Kier molecular flexibility index (Phi) is 4.29. The molecule has 1 aromatic carbocycles. The maximum Gasteiger partial charge on any atom is 0.230 e. The molecule has 0 saturated carbocycles. The first kappa shape index (κ1) is 13.9. The van der Waals surface area contributed by atoms with Crippen LogP contribution in [-0.2, 0) is 4.79 Å². The zero-order valence-corrected chi connectivity index (χ0v) is 13.1. The second kappa shape index (κ2) is 6.17. The van der Waals surface area contributed by atoms with Crippen LogP contribution in [0.2, 0.25) is 0 Å². The smallest absolute Gasteiger partial charge is 0.230 e. The number of ether oxygens (including phenoxy) is 1. The van der Waals surface area contributed by atoms with E-state index in [0.717, 1.165) is 42.6 Å². The SMILES string of the molecule is O=C(C1CCOc2ccccc21)N1CCCC(CBr)C1. The lowest BCUT2D eigenvalue weighted by Gasteiger charge is -2.36.